The maximum atomic E-state index is 12.0. The Bertz CT molecular complexity index is 960. The van der Waals surface area contributed by atoms with Crippen molar-refractivity contribution < 1.29 is 13.2 Å². The van der Waals surface area contributed by atoms with Crippen LogP contribution in [-0.2, 0) is 21.2 Å². The van der Waals surface area contributed by atoms with Crippen LogP contribution in [0.25, 0.3) is 10.2 Å². The van der Waals surface area contributed by atoms with Gasteiger partial charge in [0.2, 0.25) is 5.91 Å². The summed E-state index contributed by atoms with van der Waals surface area (Å²) in [5, 5.41) is 3.27. The number of hydrogen-bond acceptors (Lipinski definition) is 5. The molecule has 0 atom stereocenters. The molecular weight excluding hydrogens is 346 g/mol. The number of aromatic nitrogens is 2. The fourth-order valence-corrected chi connectivity index (χ4v) is 3.96. The molecule has 1 amide bonds. The van der Waals surface area contributed by atoms with E-state index in [9.17, 15) is 13.2 Å². The maximum absolute atomic E-state index is 12.0. The predicted octanol–water partition coefficient (Wildman–Crippen LogP) is 2.92. The summed E-state index contributed by atoms with van der Waals surface area (Å²) < 4.78 is 25.9. The van der Waals surface area contributed by atoms with Crippen molar-refractivity contribution in [1.29, 1.82) is 0 Å². The monoisotopic (exact) mass is 363 g/mol. The number of nitrogens with zero attached hydrogens (tertiary/aromatic N) is 2. The number of carbonyl (C=O) groups excluding carboxylic acids is 1. The zero-order chi connectivity index (χ0) is 17.2. The van der Waals surface area contributed by atoms with Gasteiger partial charge in [-0.05, 0) is 36.8 Å². The van der Waals surface area contributed by atoms with E-state index in [1.807, 2.05) is 29.1 Å². The molecule has 0 bridgehead atoms. The molecule has 0 fully saturated rings. The van der Waals surface area contributed by atoms with Crippen LogP contribution in [0.5, 0.6) is 0 Å². The first-order valence-electron chi connectivity index (χ1n) is 7.43. The van der Waals surface area contributed by atoms with Gasteiger partial charge in [0.15, 0.2) is 15.0 Å². The molecule has 3 aromatic rings. The number of benzene rings is 1. The summed E-state index contributed by atoms with van der Waals surface area (Å²) in [5.74, 6) is -0.0930. The number of aryl methyl sites for hydroxylation is 1. The summed E-state index contributed by atoms with van der Waals surface area (Å²) in [4.78, 5) is 16.6. The molecule has 6 nitrogen and oxygen atoms in total. The summed E-state index contributed by atoms with van der Waals surface area (Å²) in [6, 6.07) is 8.67. The van der Waals surface area contributed by atoms with E-state index in [-0.39, 0.29) is 10.8 Å². The van der Waals surface area contributed by atoms with Crippen molar-refractivity contribution in [1.82, 2.24) is 9.55 Å². The van der Waals surface area contributed by atoms with Gasteiger partial charge in [-0.1, -0.05) is 11.3 Å². The van der Waals surface area contributed by atoms with Gasteiger partial charge in [-0.3, -0.25) is 4.79 Å². The van der Waals surface area contributed by atoms with E-state index in [0.717, 1.165) is 17.7 Å². The zero-order valence-corrected chi connectivity index (χ0v) is 14.7. The molecule has 0 radical (unpaired) electrons. The topological polar surface area (TPSA) is 81.1 Å². The molecule has 24 heavy (non-hydrogen) atoms. The van der Waals surface area contributed by atoms with Gasteiger partial charge < -0.3 is 9.88 Å². The normalized spacial score (nSPS) is 11.7. The van der Waals surface area contributed by atoms with Crippen molar-refractivity contribution >= 4 is 42.4 Å². The van der Waals surface area contributed by atoms with Gasteiger partial charge in [-0.25, -0.2) is 13.4 Å². The van der Waals surface area contributed by atoms with E-state index >= 15 is 0 Å². The Morgan fingerprint density at radius 1 is 1.29 bits per heavy atom. The Morgan fingerprint density at radius 3 is 2.75 bits per heavy atom. The largest absolute Gasteiger partial charge is 0.354 e. The Kier molecular flexibility index (Phi) is 4.68. The van der Waals surface area contributed by atoms with Crippen molar-refractivity contribution in [3.63, 3.8) is 0 Å². The van der Waals surface area contributed by atoms with Gasteiger partial charge in [0.25, 0.3) is 0 Å². The summed E-state index contributed by atoms with van der Waals surface area (Å²) in [5.41, 5.74) is 0.676. The molecule has 2 heterocycles. The molecule has 0 aliphatic carbocycles. The van der Waals surface area contributed by atoms with Crippen molar-refractivity contribution in [2.75, 3.05) is 11.6 Å². The highest BCUT2D eigenvalue weighted by atomic mass is 32.2. The lowest BCUT2D eigenvalue weighted by Crippen LogP contribution is -2.11. The summed E-state index contributed by atoms with van der Waals surface area (Å²) in [7, 11) is -3.25. The van der Waals surface area contributed by atoms with Crippen LogP contribution in [0.2, 0.25) is 0 Å². The lowest BCUT2D eigenvalue weighted by molar-refractivity contribution is -0.116. The Balaban J connectivity index is 1.63. The lowest BCUT2D eigenvalue weighted by Gasteiger charge is -2.03. The number of hydrogen-bond donors (Lipinski definition) is 1. The quantitative estimate of drug-likeness (QED) is 0.730. The molecule has 0 aliphatic rings. The van der Waals surface area contributed by atoms with Gasteiger partial charge in [0.05, 0.1) is 15.1 Å². The molecule has 0 saturated carbocycles. The molecule has 0 spiro atoms. The summed E-state index contributed by atoms with van der Waals surface area (Å²) in [6.45, 7) is 0.790. The fraction of sp³-hybridized carbons (Fsp3) is 0.250. The summed E-state index contributed by atoms with van der Waals surface area (Å²) >= 11 is 1.27. The smallest absolute Gasteiger partial charge is 0.226 e. The number of amides is 1. The number of fused-ring (bicyclic) bond motifs is 1. The van der Waals surface area contributed by atoms with Crippen LogP contribution in [0, 0.1) is 0 Å². The number of anilines is 1. The highest BCUT2D eigenvalue weighted by molar-refractivity contribution is 7.90. The third-order valence-corrected chi connectivity index (χ3v) is 5.56. The average molecular weight is 363 g/mol. The molecule has 0 aliphatic heterocycles. The Hall–Kier alpha value is -2.19. The minimum absolute atomic E-state index is 0.0930. The van der Waals surface area contributed by atoms with Crippen LogP contribution in [0.3, 0.4) is 0 Å². The Labute approximate surface area is 144 Å². The predicted molar refractivity (Wildman–Crippen MR) is 95.0 cm³/mol. The standard InChI is InChI=1S/C16H17N3O3S2/c1-24(21,22)12-6-7-13-14(11-12)23-16(17-13)18-15(20)5-4-10-19-8-2-3-9-19/h2-3,6-9,11H,4-5,10H2,1H3,(H,17,18,20). The van der Waals surface area contributed by atoms with Crippen molar-refractivity contribution in [2.24, 2.45) is 0 Å². The van der Waals surface area contributed by atoms with E-state index in [1.165, 1.54) is 23.7 Å². The first kappa shape index (κ1) is 16.7. The number of carbonyl (C=O) groups is 1. The number of thiazole rings is 1. The second-order valence-electron chi connectivity index (χ2n) is 5.49. The molecular formula is C16H17N3O3S2. The first-order valence-corrected chi connectivity index (χ1v) is 10.1. The molecule has 0 unspecified atom stereocenters. The van der Waals surface area contributed by atoms with Gasteiger partial charge >= 0.3 is 0 Å². The van der Waals surface area contributed by atoms with Crippen LogP contribution in [0.15, 0.2) is 47.6 Å². The molecule has 3 rings (SSSR count). The SMILES string of the molecule is CS(=O)(=O)c1ccc2nc(NC(=O)CCCn3cccc3)sc2c1. The minimum Gasteiger partial charge on any atom is -0.354 e. The average Bonchev–Trinajstić information content (AvgIpc) is 3.14. The molecule has 126 valence electrons. The zero-order valence-electron chi connectivity index (χ0n) is 13.1. The Morgan fingerprint density at radius 2 is 2.04 bits per heavy atom. The lowest BCUT2D eigenvalue weighted by atomic mass is 10.3. The van der Waals surface area contributed by atoms with E-state index in [2.05, 4.69) is 10.3 Å². The number of rotatable bonds is 6. The molecule has 1 N–H and O–H groups in total. The van der Waals surface area contributed by atoms with Crippen molar-refractivity contribution in [2.45, 2.75) is 24.3 Å². The summed E-state index contributed by atoms with van der Waals surface area (Å²) in [6.07, 6.45) is 6.24. The van der Waals surface area contributed by atoms with E-state index < -0.39 is 9.84 Å². The van der Waals surface area contributed by atoms with Crippen molar-refractivity contribution in [3.05, 3.63) is 42.7 Å². The van der Waals surface area contributed by atoms with E-state index in [1.54, 1.807) is 12.1 Å². The van der Waals surface area contributed by atoms with Gasteiger partial charge in [0, 0.05) is 31.6 Å². The second-order valence-corrected chi connectivity index (χ2v) is 8.54. The van der Waals surface area contributed by atoms with E-state index in [0.29, 0.717) is 17.1 Å². The fourth-order valence-electron chi connectivity index (χ4n) is 2.31. The highest BCUT2D eigenvalue weighted by Gasteiger charge is 2.12. The van der Waals surface area contributed by atoms with E-state index in [4.69, 9.17) is 0 Å². The van der Waals surface area contributed by atoms with Crippen LogP contribution in [0.4, 0.5) is 5.13 Å². The van der Waals surface area contributed by atoms with Crippen LogP contribution in [0.1, 0.15) is 12.8 Å². The molecule has 8 heteroatoms. The molecule has 0 saturated heterocycles. The van der Waals surface area contributed by atoms with Gasteiger partial charge in [-0.2, -0.15) is 0 Å². The second kappa shape index (κ2) is 6.74. The highest BCUT2D eigenvalue weighted by Crippen LogP contribution is 2.28. The molecule has 1 aromatic carbocycles. The maximum Gasteiger partial charge on any atom is 0.226 e. The minimum atomic E-state index is -3.25. The van der Waals surface area contributed by atoms with Crippen LogP contribution < -0.4 is 5.32 Å². The number of nitrogens with one attached hydrogen (secondary N) is 1. The third kappa shape index (κ3) is 4.01. The van der Waals surface area contributed by atoms with Crippen molar-refractivity contribution in [3.8, 4) is 0 Å². The van der Waals surface area contributed by atoms with Gasteiger partial charge in [-0.15, -0.1) is 0 Å². The van der Waals surface area contributed by atoms with Crippen LogP contribution >= 0.6 is 11.3 Å². The first-order chi connectivity index (χ1) is 11.4. The third-order valence-electron chi connectivity index (χ3n) is 3.52. The van der Waals surface area contributed by atoms with Gasteiger partial charge in [0.1, 0.15) is 0 Å². The van der Waals surface area contributed by atoms with Crippen LogP contribution in [-0.4, -0.2) is 30.1 Å². The molecule has 2 aromatic heterocycles. The number of sulfone groups is 1.